The maximum atomic E-state index is 13.4. The molecule has 0 bridgehead atoms. The summed E-state index contributed by atoms with van der Waals surface area (Å²) in [6, 6.07) is 16.3. The second-order valence-corrected chi connectivity index (χ2v) is 11.5. The third-order valence-corrected chi connectivity index (χ3v) is 8.93. The van der Waals surface area contributed by atoms with Crippen LogP contribution in [0.2, 0.25) is 0 Å². The molecule has 2 heterocycles. The largest absolute Gasteiger partial charge is 0.493 e. The van der Waals surface area contributed by atoms with E-state index in [0.29, 0.717) is 68.3 Å². The molecule has 0 spiro atoms. The van der Waals surface area contributed by atoms with Gasteiger partial charge in [-0.15, -0.1) is 10.2 Å². The number of hydrogen-bond acceptors (Lipinski definition) is 12. The SMILES string of the molecule is COc1ccc(C2C(C#N)=C(N)N(c3nnc(SCC(=O)Nc4ccccc4C#N)s3)C3=C2C(=O)CCC3)cc1OC. The summed E-state index contributed by atoms with van der Waals surface area (Å²) in [5.74, 6) is 0.181. The van der Waals surface area contributed by atoms with E-state index in [-0.39, 0.29) is 28.8 Å². The second-order valence-electron chi connectivity index (χ2n) is 9.28. The van der Waals surface area contributed by atoms with Crippen molar-refractivity contribution in [2.24, 2.45) is 5.73 Å². The summed E-state index contributed by atoms with van der Waals surface area (Å²) in [6.07, 6.45) is 1.55. The number of amides is 1. The van der Waals surface area contributed by atoms with Gasteiger partial charge in [-0.2, -0.15) is 10.5 Å². The molecule has 0 saturated heterocycles. The number of allylic oxidation sites excluding steroid dienone is 3. The number of hydrogen-bond donors (Lipinski definition) is 2. The van der Waals surface area contributed by atoms with Crippen LogP contribution < -0.4 is 25.4 Å². The average molecular weight is 600 g/mol. The van der Waals surface area contributed by atoms with E-state index in [0.717, 1.165) is 0 Å². The van der Waals surface area contributed by atoms with E-state index in [2.05, 4.69) is 27.7 Å². The van der Waals surface area contributed by atoms with Gasteiger partial charge >= 0.3 is 0 Å². The van der Waals surface area contributed by atoms with Crippen molar-refractivity contribution < 1.29 is 19.1 Å². The van der Waals surface area contributed by atoms with Gasteiger partial charge in [0.1, 0.15) is 11.9 Å². The number of Topliss-reactive ketones (excluding diaryl/α,β-unsaturated/α-hetero) is 1. The van der Waals surface area contributed by atoms with Crippen LogP contribution in [0.3, 0.4) is 0 Å². The summed E-state index contributed by atoms with van der Waals surface area (Å²) in [5.41, 5.74) is 9.53. The molecular formula is C29H25N7O4S2. The van der Waals surface area contributed by atoms with Gasteiger partial charge in [-0.05, 0) is 42.7 Å². The number of para-hydroxylation sites is 1. The van der Waals surface area contributed by atoms with Crippen molar-refractivity contribution in [1.29, 1.82) is 10.5 Å². The smallest absolute Gasteiger partial charge is 0.234 e. The van der Waals surface area contributed by atoms with Gasteiger partial charge in [0, 0.05) is 17.7 Å². The van der Waals surface area contributed by atoms with E-state index in [1.807, 2.05) is 0 Å². The van der Waals surface area contributed by atoms with Gasteiger partial charge in [0.25, 0.3) is 0 Å². The molecule has 1 unspecified atom stereocenters. The molecule has 11 nitrogen and oxygen atoms in total. The molecule has 0 saturated carbocycles. The van der Waals surface area contributed by atoms with Gasteiger partial charge in [0.15, 0.2) is 21.6 Å². The minimum absolute atomic E-state index is 0.0387. The Hall–Kier alpha value is -4.85. The molecular weight excluding hydrogens is 574 g/mol. The Morgan fingerprint density at radius 3 is 2.67 bits per heavy atom. The quantitative estimate of drug-likeness (QED) is 0.351. The molecule has 1 aliphatic heterocycles. The van der Waals surface area contributed by atoms with Gasteiger partial charge < -0.3 is 20.5 Å². The summed E-state index contributed by atoms with van der Waals surface area (Å²) in [6.45, 7) is 0. The number of anilines is 2. The van der Waals surface area contributed by atoms with Gasteiger partial charge in [0.2, 0.25) is 11.0 Å². The highest BCUT2D eigenvalue weighted by atomic mass is 32.2. The number of ketones is 1. The minimum atomic E-state index is -0.671. The van der Waals surface area contributed by atoms with Crippen molar-refractivity contribution in [1.82, 2.24) is 10.2 Å². The van der Waals surface area contributed by atoms with Crippen LogP contribution in [-0.4, -0.2) is 41.9 Å². The van der Waals surface area contributed by atoms with Gasteiger partial charge in [-0.25, -0.2) is 0 Å². The van der Waals surface area contributed by atoms with Crippen LogP contribution in [-0.2, 0) is 9.59 Å². The molecule has 0 fully saturated rings. The summed E-state index contributed by atoms with van der Waals surface area (Å²) in [5, 5.41) is 31.2. The van der Waals surface area contributed by atoms with Crippen LogP contribution in [0.1, 0.15) is 36.3 Å². The predicted octanol–water partition coefficient (Wildman–Crippen LogP) is 4.46. The van der Waals surface area contributed by atoms with Crippen LogP contribution in [0.5, 0.6) is 11.5 Å². The van der Waals surface area contributed by atoms with Crippen LogP contribution in [0.4, 0.5) is 10.8 Å². The molecule has 212 valence electrons. The topological polar surface area (TPSA) is 167 Å². The number of nitrogens with zero attached hydrogens (tertiary/aromatic N) is 5. The summed E-state index contributed by atoms with van der Waals surface area (Å²) < 4.78 is 11.3. The molecule has 1 aromatic heterocycles. The van der Waals surface area contributed by atoms with E-state index >= 15 is 0 Å². The summed E-state index contributed by atoms with van der Waals surface area (Å²) >= 11 is 2.39. The number of carbonyl (C=O) groups is 2. The number of methoxy groups -OCH3 is 2. The lowest BCUT2D eigenvalue weighted by molar-refractivity contribution is -0.116. The zero-order chi connectivity index (χ0) is 29.8. The molecule has 42 heavy (non-hydrogen) atoms. The zero-order valence-corrected chi connectivity index (χ0v) is 24.3. The number of benzene rings is 2. The van der Waals surface area contributed by atoms with Crippen LogP contribution in [0.15, 0.2) is 69.5 Å². The van der Waals surface area contributed by atoms with Crippen molar-refractivity contribution in [3.63, 3.8) is 0 Å². The Bertz CT molecular complexity index is 1720. The van der Waals surface area contributed by atoms with Crippen molar-refractivity contribution in [2.75, 3.05) is 30.2 Å². The van der Waals surface area contributed by atoms with E-state index in [1.165, 1.54) is 37.3 Å². The lowest BCUT2D eigenvalue weighted by Gasteiger charge is -2.38. The van der Waals surface area contributed by atoms with Crippen molar-refractivity contribution in [2.45, 2.75) is 29.5 Å². The van der Waals surface area contributed by atoms with E-state index < -0.39 is 5.92 Å². The highest BCUT2D eigenvalue weighted by molar-refractivity contribution is 8.01. The molecule has 1 aliphatic carbocycles. The average Bonchev–Trinajstić information content (AvgIpc) is 3.48. The monoisotopic (exact) mass is 599 g/mol. The number of aromatic nitrogens is 2. The lowest BCUT2D eigenvalue weighted by atomic mass is 9.75. The molecule has 0 radical (unpaired) electrons. The van der Waals surface area contributed by atoms with E-state index in [9.17, 15) is 20.1 Å². The Labute approximate surface area is 250 Å². The number of carbonyl (C=O) groups excluding carboxylic acids is 2. The maximum Gasteiger partial charge on any atom is 0.234 e. The number of nitrogens with one attached hydrogen (secondary N) is 1. The first-order chi connectivity index (χ1) is 20.4. The number of nitrogens with two attached hydrogens (primary N) is 1. The molecule has 13 heteroatoms. The molecule has 3 N–H and O–H groups in total. The second kappa shape index (κ2) is 12.3. The molecule has 2 aromatic carbocycles. The predicted molar refractivity (Wildman–Crippen MR) is 158 cm³/mol. The number of thioether (sulfide) groups is 1. The third-order valence-electron chi connectivity index (χ3n) is 6.89. The molecule has 3 aromatic rings. The minimum Gasteiger partial charge on any atom is -0.493 e. The fraction of sp³-hybridized carbons (Fsp3) is 0.241. The summed E-state index contributed by atoms with van der Waals surface area (Å²) in [7, 11) is 3.06. The fourth-order valence-electron chi connectivity index (χ4n) is 5.03. The Morgan fingerprint density at radius 1 is 1.14 bits per heavy atom. The number of ether oxygens (including phenoxy) is 2. The molecule has 2 aliphatic rings. The van der Waals surface area contributed by atoms with E-state index in [4.69, 9.17) is 15.2 Å². The molecule has 1 atom stereocenters. The first-order valence-electron chi connectivity index (χ1n) is 12.8. The lowest BCUT2D eigenvalue weighted by Crippen LogP contribution is -2.38. The standard InChI is InChI=1S/C29H25N7O4S2/c1-39-22-11-10-16(12-23(22)40-2)25-18(14-31)27(32)36(20-8-5-9-21(37)26(20)25)28-34-35-29(42-28)41-15-24(38)33-19-7-4-3-6-17(19)13-30/h3-4,6-7,10-12,25H,5,8-9,15,32H2,1-2H3,(H,33,38). The Morgan fingerprint density at radius 2 is 1.93 bits per heavy atom. The Kier molecular flexibility index (Phi) is 8.43. The molecule has 1 amide bonds. The summed E-state index contributed by atoms with van der Waals surface area (Å²) in [4.78, 5) is 27.6. The van der Waals surface area contributed by atoms with Gasteiger partial charge in [-0.1, -0.05) is 41.3 Å². The highest BCUT2D eigenvalue weighted by Crippen LogP contribution is 2.48. The van der Waals surface area contributed by atoms with Crippen molar-refractivity contribution in [3.05, 3.63) is 76.3 Å². The zero-order valence-electron chi connectivity index (χ0n) is 22.7. The maximum absolute atomic E-state index is 13.4. The highest BCUT2D eigenvalue weighted by Gasteiger charge is 2.41. The van der Waals surface area contributed by atoms with Crippen LogP contribution >= 0.6 is 23.1 Å². The third kappa shape index (κ3) is 5.40. The van der Waals surface area contributed by atoms with Crippen LogP contribution in [0.25, 0.3) is 0 Å². The van der Waals surface area contributed by atoms with E-state index in [1.54, 1.807) is 47.4 Å². The van der Waals surface area contributed by atoms with Gasteiger partial charge in [-0.3, -0.25) is 14.5 Å². The molecule has 5 rings (SSSR count). The first kappa shape index (κ1) is 28.7. The Balaban J connectivity index is 1.44. The fourth-order valence-corrected chi connectivity index (χ4v) is 6.71. The number of nitriles is 2. The van der Waals surface area contributed by atoms with Crippen molar-refractivity contribution in [3.8, 4) is 23.6 Å². The van der Waals surface area contributed by atoms with Crippen molar-refractivity contribution >= 4 is 45.6 Å². The van der Waals surface area contributed by atoms with Crippen LogP contribution in [0, 0.1) is 22.7 Å². The normalized spacial score (nSPS) is 16.4. The first-order valence-corrected chi connectivity index (χ1v) is 14.6. The van der Waals surface area contributed by atoms with Gasteiger partial charge in [0.05, 0.1) is 48.8 Å². The number of rotatable bonds is 8.